The van der Waals surface area contributed by atoms with Crippen molar-refractivity contribution in [2.75, 3.05) is 5.32 Å². The third-order valence-electron chi connectivity index (χ3n) is 6.20. The molecule has 8 nitrogen and oxygen atoms in total. The highest BCUT2D eigenvalue weighted by atomic mass is 19.1. The Hall–Kier alpha value is -4.99. The number of anilines is 1. The van der Waals surface area contributed by atoms with E-state index in [0.717, 1.165) is 6.42 Å². The minimum Gasteiger partial charge on any atom is -0.336 e. The predicted octanol–water partition coefficient (Wildman–Crippen LogP) is 6.25. The van der Waals surface area contributed by atoms with E-state index in [-0.39, 0.29) is 17.1 Å². The summed E-state index contributed by atoms with van der Waals surface area (Å²) in [5.74, 6) is -0.675. The monoisotopic (exact) mass is 509 g/mol. The number of benzene rings is 2. The summed E-state index contributed by atoms with van der Waals surface area (Å²) in [5.41, 5.74) is 4.33. The van der Waals surface area contributed by atoms with Crippen LogP contribution in [0.5, 0.6) is 0 Å². The van der Waals surface area contributed by atoms with Crippen molar-refractivity contribution in [3.05, 3.63) is 78.8 Å². The van der Waals surface area contributed by atoms with Crippen molar-refractivity contribution in [2.24, 2.45) is 0 Å². The first kappa shape index (κ1) is 23.4. The molecular weight excluding hydrogens is 488 g/mol. The van der Waals surface area contributed by atoms with E-state index >= 15 is 4.39 Å². The van der Waals surface area contributed by atoms with E-state index < -0.39 is 5.82 Å². The molecule has 0 saturated heterocycles. The first-order valence-electron chi connectivity index (χ1n) is 12.0. The second kappa shape index (κ2) is 9.47. The van der Waals surface area contributed by atoms with Crippen LogP contribution < -0.4 is 5.32 Å². The normalized spacial score (nSPS) is 11.3. The van der Waals surface area contributed by atoms with E-state index in [1.807, 2.05) is 6.92 Å². The summed E-state index contributed by atoms with van der Waals surface area (Å²) < 4.78 is 29.9. The lowest BCUT2D eigenvalue weighted by atomic mass is 10.0. The van der Waals surface area contributed by atoms with Gasteiger partial charge in [-0.3, -0.25) is 19.9 Å². The molecule has 0 fully saturated rings. The Morgan fingerprint density at radius 2 is 1.89 bits per heavy atom. The van der Waals surface area contributed by atoms with Crippen LogP contribution in [0.4, 0.5) is 14.5 Å². The van der Waals surface area contributed by atoms with E-state index in [9.17, 15) is 9.18 Å². The quantitative estimate of drug-likeness (QED) is 0.246. The van der Waals surface area contributed by atoms with Crippen LogP contribution in [0.15, 0.2) is 67.1 Å². The first-order chi connectivity index (χ1) is 18.5. The number of amides is 1. The molecule has 38 heavy (non-hydrogen) atoms. The van der Waals surface area contributed by atoms with E-state index in [0.29, 0.717) is 62.6 Å². The number of carbonyl (C=O) groups is 1. The molecule has 2 aromatic carbocycles. The largest absolute Gasteiger partial charge is 0.336 e. The van der Waals surface area contributed by atoms with Gasteiger partial charge in [0.15, 0.2) is 5.82 Å². The number of hydrogen-bond donors (Lipinski definition) is 3. The van der Waals surface area contributed by atoms with Crippen LogP contribution in [-0.4, -0.2) is 36.0 Å². The smallest absolute Gasteiger partial charge is 0.224 e. The zero-order chi connectivity index (χ0) is 26.2. The number of aromatic nitrogens is 6. The maximum absolute atomic E-state index is 16.0. The highest BCUT2D eigenvalue weighted by Gasteiger charge is 2.21. The number of halogens is 2. The Morgan fingerprint density at radius 3 is 2.74 bits per heavy atom. The van der Waals surface area contributed by atoms with Crippen LogP contribution in [0.1, 0.15) is 19.8 Å². The Balaban J connectivity index is 1.44. The number of nitrogens with zero attached hydrogens (tertiary/aromatic N) is 4. The summed E-state index contributed by atoms with van der Waals surface area (Å²) in [7, 11) is 0. The Bertz CT molecular complexity index is 1830. The zero-order valence-corrected chi connectivity index (χ0v) is 20.2. The first-order valence-corrected chi connectivity index (χ1v) is 12.0. The van der Waals surface area contributed by atoms with Gasteiger partial charge in [-0.05, 0) is 42.8 Å². The maximum Gasteiger partial charge on any atom is 0.224 e. The molecule has 1 amide bonds. The van der Waals surface area contributed by atoms with Gasteiger partial charge in [0, 0.05) is 35.5 Å². The van der Waals surface area contributed by atoms with Crippen LogP contribution in [0.2, 0.25) is 0 Å². The highest BCUT2D eigenvalue weighted by molar-refractivity contribution is 5.98. The van der Waals surface area contributed by atoms with E-state index in [1.165, 1.54) is 24.5 Å². The lowest BCUT2D eigenvalue weighted by Crippen LogP contribution is -2.10. The molecule has 188 valence electrons. The van der Waals surface area contributed by atoms with Gasteiger partial charge in [-0.2, -0.15) is 5.10 Å². The van der Waals surface area contributed by atoms with Gasteiger partial charge in [0.25, 0.3) is 0 Å². The molecule has 0 radical (unpaired) electrons. The summed E-state index contributed by atoms with van der Waals surface area (Å²) >= 11 is 0. The molecule has 0 aliphatic carbocycles. The molecule has 0 atom stereocenters. The molecule has 10 heteroatoms. The fraction of sp³-hybridized carbons (Fsp3) is 0.107. The molecule has 0 unspecified atom stereocenters. The lowest BCUT2D eigenvalue weighted by molar-refractivity contribution is -0.116. The molecular formula is C28H21F2N7O. The molecule has 4 aromatic heterocycles. The van der Waals surface area contributed by atoms with Gasteiger partial charge < -0.3 is 10.3 Å². The summed E-state index contributed by atoms with van der Waals surface area (Å²) in [6.07, 6.45) is 5.77. The van der Waals surface area contributed by atoms with Crippen molar-refractivity contribution in [1.29, 1.82) is 0 Å². The zero-order valence-electron chi connectivity index (χ0n) is 20.2. The Kier molecular flexibility index (Phi) is 5.83. The van der Waals surface area contributed by atoms with Crippen molar-refractivity contribution in [3.8, 4) is 33.9 Å². The third kappa shape index (κ3) is 4.15. The summed E-state index contributed by atoms with van der Waals surface area (Å²) in [6, 6.07) is 12.9. The second-order valence-electron chi connectivity index (χ2n) is 8.83. The average molecular weight is 510 g/mol. The van der Waals surface area contributed by atoms with E-state index in [1.54, 1.807) is 42.6 Å². The van der Waals surface area contributed by atoms with Crippen molar-refractivity contribution in [2.45, 2.75) is 19.8 Å². The lowest BCUT2D eigenvalue weighted by Gasteiger charge is -2.08. The molecule has 0 bridgehead atoms. The number of nitrogens with one attached hydrogen (secondary N) is 3. The molecule has 3 N–H and O–H groups in total. The van der Waals surface area contributed by atoms with E-state index in [4.69, 9.17) is 0 Å². The number of rotatable bonds is 6. The average Bonchev–Trinajstić information content (AvgIpc) is 3.54. The summed E-state index contributed by atoms with van der Waals surface area (Å²) in [4.78, 5) is 28.5. The van der Waals surface area contributed by atoms with Crippen LogP contribution in [-0.2, 0) is 4.79 Å². The number of H-pyrrole nitrogens is 2. The van der Waals surface area contributed by atoms with Crippen LogP contribution in [0.3, 0.4) is 0 Å². The van der Waals surface area contributed by atoms with Gasteiger partial charge in [-0.25, -0.2) is 13.8 Å². The van der Waals surface area contributed by atoms with Crippen molar-refractivity contribution in [1.82, 2.24) is 30.1 Å². The van der Waals surface area contributed by atoms with Gasteiger partial charge in [-0.1, -0.05) is 19.1 Å². The molecule has 0 aliphatic rings. The molecule has 0 spiro atoms. The van der Waals surface area contributed by atoms with Crippen LogP contribution in [0, 0.1) is 11.6 Å². The summed E-state index contributed by atoms with van der Waals surface area (Å²) in [6.45, 7) is 1.92. The van der Waals surface area contributed by atoms with Gasteiger partial charge in [0.1, 0.15) is 22.8 Å². The van der Waals surface area contributed by atoms with Gasteiger partial charge >= 0.3 is 0 Å². The number of pyridine rings is 2. The number of hydrogen-bond acceptors (Lipinski definition) is 5. The van der Waals surface area contributed by atoms with Crippen molar-refractivity contribution < 1.29 is 13.6 Å². The maximum atomic E-state index is 16.0. The van der Waals surface area contributed by atoms with Crippen molar-refractivity contribution in [3.63, 3.8) is 0 Å². The number of fused-ring (bicyclic) bond motifs is 2. The number of aromatic amines is 2. The SMILES string of the molecule is CCCC(=O)Nc1cncc(-c2ccc3[nH]nc(-c4nc5c(-c6cccc(F)c6)nccc5[nH]4)c3c2F)c1. The minimum absolute atomic E-state index is 0.128. The van der Waals surface area contributed by atoms with Crippen LogP contribution in [0.25, 0.3) is 55.8 Å². The van der Waals surface area contributed by atoms with E-state index in [2.05, 4.69) is 35.5 Å². The Morgan fingerprint density at radius 1 is 1.00 bits per heavy atom. The standard InChI is InChI=1S/C28H21F2N7O/c1-2-4-22(38)33-18-12-16(13-31-14-18)19-7-8-20-23(24(19)30)27(37-36-20)28-34-21-9-10-32-25(26(21)35-28)15-5-3-6-17(29)11-15/h3,5-14H,2,4H2,1H3,(H,33,38)(H,34,35)(H,36,37). The number of imidazole rings is 1. The third-order valence-corrected chi connectivity index (χ3v) is 6.20. The second-order valence-corrected chi connectivity index (χ2v) is 8.83. The topological polar surface area (TPSA) is 112 Å². The van der Waals surface area contributed by atoms with Gasteiger partial charge in [-0.15, -0.1) is 0 Å². The molecule has 0 aliphatic heterocycles. The minimum atomic E-state index is -0.506. The molecule has 4 heterocycles. The fourth-order valence-electron chi connectivity index (χ4n) is 4.47. The fourth-order valence-corrected chi connectivity index (χ4v) is 4.47. The highest BCUT2D eigenvalue weighted by Crippen LogP contribution is 2.35. The van der Waals surface area contributed by atoms with Gasteiger partial charge in [0.05, 0.1) is 34.0 Å². The molecule has 6 rings (SSSR count). The number of carbonyl (C=O) groups excluding carboxylic acids is 1. The van der Waals surface area contributed by atoms with Gasteiger partial charge in [0.2, 0.25) is 5.91 Å². The molecule has 0 saturated carbocycles. The van der Waals surface area contributed by atoms with Crippen molar-refractivity contribution >= 4 is 33.5 Å². The molecule has 6 aromatic rings. The predicted molar refractivity (Wildman–Crippen MR) is 141 cm³/mol. The van der Waals surface area contributed by atoms with Crippen LogP contribution >= 0.6 is 0 Å². The summed E-state index contributed by atoms with van der Waals surface area (Å²) in [5, 5.41) is 10.3. The Labute approximate surface area is 215 Å².